The second-order valence-electron chi connectivity index (χ2n) is 7.63. The van der Waals surface area contributed by atoms with Gasteiger partial charge in [-0.15, -0.1) is 0 Å². The third-order valence-corrected chi connectivity index (χ3v) is 5.80. The van der Waals surface area contributed by atoms with E-state index in [1.807, 2.05) is 13.8 Å². The zero-order chi connectivity index (χ0) is 20.6. The van der Waals surface area contributed by atoms with Gasteiger partial charge < -0.3 is 4.74 Å². The highest BCUT2D eigenvalue weighted by molar-refractivity contribution is 8.00. The average Bonchev–Trinajstić information content (AvgIpc) is 2.93. The van der Waals surface area contributed by atoms with Crippen LogP contribution in [0.3, 0.4) is 0 Å². The van der Waals surface area contributed by atoms with Gasteiger partial charge in [0.1, 0.15) is 27.6 Å². The number of thioether (sulfide) groups is 1. The molecule has 1 fully saturated rings. The van der Waals surface area contributed by atoms with E-state index in [1.54, 1.807) is 0 Å². The molecule has 28 heavy (non-hydrogen) atoms. The van der Waals surface area contributed by atoms with Gasteiger partial charge in [-0.2, -0.15) is 0 Å². The number of esters is 1. The number of cyclic esters (lactones) is 1. The summed E-state index contributed by atoms with van der Waals surface area (Å²) < 4.78 is 7.86. The number of carbonyl (C=O) groups is 1. The topological polar surface area (TPSA) is 96.1 Å². The Morgan fingerprint density at radius 1 is 1.25 bits per heavy atom. The van der Waals surface area contributed by atoms with E-state index in [1.165, 1.54) is 23.4 Å². The second-order valence-corrected chi connectivity index (χ2v) is 8.82. The Labute approximate surface area is 167 Å². The van der Waals surface area contributed by atoms with Gasteiger partial charge in [-0.3, -0.25) is 18.7 Å². The Kier molecular flexibility index (Phi) is 5.92. The quantitative estimate of drug-likeness (QED) is 0.534. The van der Waals surface area contributed by atoms with Gasteiger partial charge in [0.05, 0.1) is 0 Å². The number of carbonyl (C=O) groups excluding carboxylic acids is 1. The summed E-state index contributed by atoms with van der Waals surface area (Å²) in [6.07, 6.45) is 1.74. The van der Waals surface area contributed by atoms with Crippen molar-refractivity contribution in [3.63, 3.8) is 0 Å². The van der Waals surface area contributed by atoms with Gasteiger partial charge in [-0.1, -0.05) is 32.5 Å². The Bertz CT molecular complexity index is 1030. The Morgan fingerprint density at radius 3 is 2.54 bits per heavy atom. The van der Waals surface area contributed by atoms with E-state index in [-0.39, 0.29) is 12.1 Å². The van der Waals surface area contributed by atoms with Crippen LogP contribution in [0.1, 0.15) is 46.4 Å². The zero-order valence-corrected chi connectivity index (χ0v) is 17.7. The zero-order valence-electron chi connectivity index (χ0n) is 16.9. The van der Waals surface area contributed by atoms with Crippen molar-refractivity contribution >= 4 is 28.8 Å². The third-order valence-electron chi connectivity index (χ3n) is 4.61. The lowest BCUT2D eigenvalue weighted by Gasteiger charge is -2.15. The molecule has 3 rings (SSSR count). The van der Waals surface area contributed by atoms with Gasteiger partial charge in [0.25, 0.3) is 5.56 Å². The van der Waals surface area contributed by atoms with Crippen molar-refractivity contribution in [2.24, 2.45) is 13.0 Å². The van der Waals surface area contributed by atoms with Crippen LogP contribution in [0.4, 0.5) is 0 Å². The molecule has 0 saturated carbocycles. The highest BCUT2D eigenvalue weighted by Gasteiger charge is 2.34. The van der Waals surface area contributed by atoms with Crippen LogP contribution < -0.4 is 11.2 Å². The van der Waals surface area contributed by atoms with Crippen molar-refractivity contribution < 1.29 is 9.53 Å². The summed E-state index contributed by atoms with van der Waals surface area (Å²) in [6.45, 7) is 8.37. The molecule has 0 spiro atoms. The molecule has 0 aromatic carbocycles. The summed E-state index contributed by atoms with van der Waals surface area (Å²) in [5.74, 6) is 0.583. The van der Waals surface area contributed by atoms with E-state index in [0.717, 1.165) is 11.0 Å². The van der Waals surface area contributed by atoms with E-state index in [9.17, 15) is 14.4 Å². The van der Waals surface area contributed by atoms with E-state index >= 15 is 0 Å². The summed E-state index contributed by atoms with van der Waals surface area (Å²) in [5.41, 5.74) is -0.480. The Morgan fingerprint density at radius 2 is 1.96 bits per heavy atom. The summed E-state index contributed by atoms with van der Waals surface area (Å²) in [6, 6.07) is 0. The first kappa shape index (κ1) is 20.6. The maximum atomic E-state index is 12.9. The van der Waals surface area contributed by atoms with Crippen LogP contribution in [0.15, 0.2) is 14.6 Å². The van der Waals surface area contributed by atoms with E-state index in [4.69, 9.17) is 4.74 Å². The highest BCUT2D eigenvalue weighted by atomic mass is 32.2. The van der Waals surface area contributed by atoms with Crippen LogP contribution in [-0.4, -0.2) is 36.4 Å². The maximum absolute atomic E-state index is 12.9. The fourth-order valence-electron chi connectivity index (χ4n) is 3.30. The molecule has 152 valence electrons. The van der Waals surface area contributed by atoms with Crippen molar-refractivity contribution in [3.05, 3.63) is 26.7 Å². The first-order chi connectivity index (χ1) is 13.2. The van der Waals surface area contributed by atoms with Crippen molar-refractivity contribution in [3.8, 4) is 0 Å². The molecular weight excluding hydrogens is 380 g/mol. The molecule has 0 bridgehead atoms. The van der Waals surface area contributed by atoms with E-state index in [0.29, 0.717) is 47.2 Å². The summed E-state index contributed by atoms with van der Waals surface area (Å²) in [5, 5.41) is 0.318. The molecule has 1 saturated heterocycles. The molecule has 1 aliphatic heterocycles. The molecule has 2 aromatic rings. The summed E-state index contributed by atoms with van der Waals surface area (Å²) >= 11 is 1.23. The third kappa shape index (κ3) is 3.85. The minimum atomic E-state index is -0.439. The van der Waals surface area contributed by atoms with E-state index in [2.05, 4.69) is 23.8 Å². The molecule has 9 heteroatoms. The number of ether oxygens (including phenoxy) is 1. The second kappa shape index (κ2) is 8.06. The van der Waals surface area contributed by atoms with Gasteiger partial charge in [0.15, 0.2) is 5.65 Å². The van der Waals surface area contributed by atoms with Gasteiger partial charge in [0, 0.05) is 26.4 Å². The molecule has 2 aromatic heterocycles. The average molecular weight is 407 g/mol. The van der Waals surface area contributed by atoms with Crippen LogP contribution >= 0.6 is 11.8 Å². The number of nitrogens with zero attached hydrogens (tertiary/aromatic N) is 4. The van der Waals surface area contributed by atoms with Crippen molar-refractivity contribution in [2.45, 2.75) is 69.9 Å². The normalized spacial score (nSPS) is 19.6. The first-order valence-corrected chi connectivity index (χ1v) is 10.5. The molecule has 0 N–H and O–H groups in total. The van der Waals surface area contributed by atoms with Gasteiger partial charge in [-0.05, 0) is 19.3 Å². The van der Waals surface area contributed by atoms with Gasteiger partial charge in [-0.25, -0.2) is 14.8 Å². The van der Waals surface area contributed by atoms with Crippen LogP contribution in [0.5, 0.6) is 0 Å². The van der Waals surface area contributed by atoms with Gasteiger partial charge in [0.2, 0.25) is 0 Å². The maximum Gasteiger partial charge on any atom is 0.332 e. The lowest BCUT2D eigenvalue weighted by atomic mass is 10.1. The predicted molar refractivity (Wildman–Crippen MR) is 108 cm³/mol. The molecule has 0 amide bonds. The fourth-order valence-corrected chi connectivity index (χ4v) is 4.54. The van der Waals surface area contributed by atoms with Crippen molar-refractivity contribution in [1.82, 2.24) is 19.1 Å². The van der Waals surface area contributed by atoms with Crippen LogP contribution in [0.25, 0.3) is 11.0 Å². The van der Waals surface area contributed by atoms with Crippen molar-refractivity contribution in [2.75, 3.05) is 0 Å². The first-order valence-electron chi connectivity index (χ1n) is 9.60. The predicted octanol–water partition coefficient (Wildman–Crippen LogP) is 1.89. The fraction of sp³-hybridized carbons (Fsp3) is 0.632. The molecular formula is C19H26N4O4S. The minimum absolute atomic E-state index is 0.158. The number of aromatic nitrogens is 4. The molecule has 1 aliphatic rings. The number of fused-ring (bicyclic) bond motifs is 1. The van der Waals surface area contributed by atoms with Crippen molar-refractivity contribution in [1.29, 1.82) is 0 Å². The molecule has 0 radical (unpaired) electrons. The number of aryl methyl sites for hydroxylation is 1. The lowest BCUT2D eigenvalue weighted by Crippen LogP contribution is -2.39. The van der Waals surface area contributed by atoms with Crippen LogP contribution in [0.2, 0.25) is 0 Å². The molecule has 2 unspecified atom stereocenters. The number of hydrogen-bond acceptors (Lipinski definition) is 7. The van der Waals surface area contributed by atoms with Crippen LogP contribution in [0, 0.1) is 5.92 Å². The summed E-state index contributed by atoms with van der Waals surface area (Å²) in [7, 11) is 1.46. The smallest absolute Gasteiger partial charge is 0.332 e. The standard InChI is InChI=1S/C19H26N4O4S/c1-6-7-23-15-14(17(24)22(5)19(23)26)16(21-13(20-15)8-10(2)3)28-12-9-11(4)27-18(12)25/h10-12H,6-9H2,1-5H3. The summed E-state index contributed by atoms with van der Waals surface area (Å²) in [4.78, 5) is 46.9. The molecule has 0 aliphatic carbocycles. The molecule has 3 heterocycles. The SMILES string of the molecule is CCCn1c(=O)n(C)c(=O)c2c(SC3CC(C)OC3=O)nc(CC(C)C)nc21. The lowest BCUT2D eigenvalue weighted by molar-refractivity contribution is -0.140. The minimum Gasteiger partial charge on any atom is -0.462 e. The molecule has 2 atom stereocenters. The molecule has 8 nitrogen and oxygen atoms in total. The Hall–Kier alpha value is -2.16. The van der Waals surface area contributed by atoms with Gasteiger partial charge >= 0.3 is 11.7 Å². The number of rotatable bonds is 6. The van der Waals surface area contributed by atoms with Crippen LogP contribution in [-0.2, 0) is 29.5 Å². The monoisotopic (exact) mass is 406 g/mol. The largest absolute Gasteiger partial charge is 0.462 e. The number of hydrogen-bond donors (Lipinski definition) is 0. The highest BCUT2D eigenvalue weighted by Crippen LogP contribution is 2.33. The Balaban J connectivity index is 2.26. The van der Waals surface area contributed by atoms with E-state index < -0.39 is 16.5 Å².